The molecule has 0 aliphatic carbocycles. The second kappa shape index (κ2) is 7.50. The van der Waals surface area contributed by atoms with Gasteiger partial charge in [-0.15, -0.1) is 0 Å². The van der Waals surface area contributed by atoms with Crippen LogP contribution in [0.2, 0.25) is 0 Å². The van der Waals surface area contributed by atoms with Gasteiger partial charge in [0.1, 0.15) is 17.2 Å². The van der Waals surface area contributed by atoms with E-state index in [1.807, 2.05) is 36.1 Å². The van der Waals surface area contributed by atoms with Crippen LogP contribution in [0.25, 0.3) is 0 Å². The smallest absolute Gasteiger partial charge is 0.257 e. The molecule has 0 saturated carbocycles. The minimum absolute atomic E-state index is 0.0175. The maximum Gasteiger partial charge on any atom is 0.257 e. The summed E-state index contributed by atoms with van der Waals surface area (Å²) in [6.45, 7) is 5.19. The molecule has 6 nitrogen and oxygen atoms in total. The zero-order valence-corrected chi connectivity index (χ0v) is 15.1. The number of fused-ring (bicyclic) bond motifs is 1. The van der Waals surface area contributed by atoms with E-state index in [0.717, 1.165) is 36.8 Å². The van der Waals surface area contributed by atoms with Crippen molar-refractivity contribution in [2.24, 2.45) is 0 Å². The van der Waals surface area contributed by atoms with Crippen molar-refractivity contribution >= 4 is 5.91 Å². The van der Waals surface area contributed by atoms with Crippen LogP contribution in [0, 0.1) is 0 Å². The van der Waals surface area contributed by atoms with E-state index in [0.29, 0.717) is 44.0 Å². The van der Waals surface area contributed by atoms with Gasteiger partial charge in [-0.05, 0) is 25.0 Å². The standard InChI is InChI=1S/C20H24N2O4/c1-2-10-25-17-6-4-3-5-15(17)20(23)22-9-7-18-16(12-22)21-19(26-18)14-8-11-24-13-14/h3-6,14H,2,7-13H2,1H3. The number of carbonyl (C=O) groups excluding carboxylic acids is 1. The van der Waals surface area contributed by atoms with E-state index in [-0.39, 0.29) is 11.8 Å². The van der Waals surface area contributed by atoms with Gasteiger partial charge in [-0.25, -0.2) is 4.98 Å². The highest BCUT2D eigenvalue weighted by Gasteiger charge is 2.30. The number of amides is 1. The zero-order chi connectivity index (χ0) is 17.9. The lowest BCUT2D eigenvalue weighted by atomic mass is 10.1. The highest BCUT2D eigenvalue weighted by molar-refractivity contribution is 5.97. The molecule has 1 atom stereocenters. The van der Waals surface area contributed by atoms with Gasteiger partial charge in [0, 0.05) is 19.6 Å². The maximum atomic E-state index is 13.0. The molecular weight excluding hydrogens is 332 g/mol. The minimum atomic E-state index is -0.0175. The summed E-state index contributed by atoms with van der Waals surface area (Å²) in [5, 5.41) is 0. The Morgan fingerprint density at radius 2 is 2.27 bits per heavy atom. The summed E-state index contributed by atoms with van der Waals surface area (Å²) < 4.78 is 17.1. The first-order valence-corrected chi connectivity index (χ1v) is 9.33. The van der Waals surface area contributed by atoms with Gasteiger partial charge >= 0.3 is 0 Å². The van der Waals surface area contributed by atoms with E-state index in [2.05, 4.69) is 4.98 Å². The van der Waals surface area contributed by atoms with Crippen molar-refractivity contribution in [2.75, 3.05) is 26.4 Å². The van der Waals surface area contributed by atoms with Crippen LogP contribution >= 0.6 is 0 Å². The number of hydrogen-bond acceptors (Lipinski definition) is 5. The topological polar surface area (TPSA) is 64.8 Å². The van der Waals surface area contributed by atoms with E-state index < -0.39 is 0 Å². The van der Waals surface area contributed by atoms with E-state index in [4.69, 9.17) is 13.9 Å². The Bertz CT molecular complexity index is 780. The molecule has 1 unspecified atom stereocenters. The molecule has 1 saturated heterocycles. The van der Waals surface area contributed by atoms with E-state index in [9.17, 15) is 4.79 Å². The molecule has 1 amide bonds. The van der Waals surface area contributed by atoms with Gasteiger partial charge < -0.3 is 18.8 Å². The monoisotopic (exact) mass is 356 g/mol. The third-order valence-corrected chi connectivity index (χ3v) is 4.89. The summed E-state index contributed by atoms with van der Waals surface area (Å²) in [6.07, 6.45) is 2.55. The summed E-state index contributed by atoms with van der Waals surface area (Å²) in [5.41, 5.74) is 1.48. The Labute approximate surface area is 153 Å². The molecule has 2 aliphatic heterocycles. The van der Waals surface area contributed by atoms with Gasteiger partial charge in [0.2, 0.25) is 0 Å². The number of benzene rings is 1. The molecule has 138 valence electrons. The molecule has 0 bridgehead atoms. The fourth-order valence-electron chi connectivity index (χ4n) is 3.45. The molecule has 26 heavy (non-hydrogen) atoms. The first-order chi connectivity index (χ1) is 12.8. The molecule has 4 rings (SSSR count). The molecule has 6 heteroatoms. The van der Waals surface area contributed by atoms with Crippen LogP contribution in [-0.2, 0) is 17.7 Å². The Hall–Kier alpha value is -2.34. The van der Waals surface area contributed by atoms with Crippen molar-refractivity contribution in [1.29, 1.82) is 0 Å². The van der Waals surface area contributed by atoms with E-state index in [1.54, 1.807) is 0 Å². The number of aromatic nitrogens is 1. The van der Waals surface area contributed by atoms with Gasteiger partial charge in [-0.3, -0.25) is 4.79 Å². The Balaban J connectivity index is 1.51. The van der Waals surface area contributed by atoms with Crippen LogP contribution in [-0.4, -0.2) is 42.2 Å². The van der Waals surface area contributed by atoms with Gasteiger partial charge in [0.15, 0.2) is 5.89 Å². The summed E-state index contributed by atoms with van der Waals surface area (Å²) in [5.74, 6) is 2.54. The molecule has 0 spiro atoms. The number of para-hydroxylation sites is 1. The van der Waals surface area contributed by atoms with Crippen molar-refractivity contribution in [3.8, 4) is 5.75 Å². The lowest BCUT2D eigenvalue weighted by Crippen LogP contribution is -2.36. The summed E-state index contributed by atoms with van der Waals surface area (Å²) in [7, 11) is 0. The van der Waals surface area contributed by atoms with Crippen LogP contribution in [0.15, 0.2) is 28.7 Å². The van der Waals surface area contributed by atoms with Gasteiger partial charge in [-0.2, -0.15) is 0 Å². The van der Waals surface area contributed by atoms with Crippen molar-refractivity contribution < 1.29 is 18.7 Å². The Morgan fingerprint density at radius 1 is 1.38 bits per heavy atom. The van der Waals surface area contributed by atoms with Crippen LogP contribution < -0.4 is 4.74 Å². The van der Waals surface area contributed by atoms with Crippen LogP contribution in [0.1, 0.15) is 53.4 Å². The number of carbonyl (C=O) groups is 1. The Kier molecular flexibility index (Phi) is 4.93. The summed E-state index contributed by atoms with van der Waals surface area (Å²) in [6, 6.07) is 7.44. The number of nitrogens with zero attached hydrogens (tertiary/aromatic N) is 2. The predicted octanol–water partition coefficient (Wildman–Crippen LogP) is 3.17. The summed E-state index contributed by atoms with van der Waals surface area (Å²) >= 11 is 0. The second-order valence-electron chi connectivity index (χ2n) is 6.80. The molecule has 1 fully saturated rings. The molecule has 1 aromatic carbocycles. The number of hydrogen-bond donors (Lipinski definition) is 0. The lowest BCUT2D eigenvalue weighted by Gasteiger charge is -2.26. The van der Waals surface area contributed by atoms with Gasteiger partial charge in [-0.1, -0.05) is 19.1 Å². The average Bonchev–Trinajstić information content (AvgIpc) is 3.34. The normalized spacial score (nSPS) is 19.4. The molecule has 1 aromatic heterocycles. The number of oxazole rings is 1. The minimum Gasteiger partial charge on any atom is -0.493 e. The fraction of sp³-hybridized carbons (Fsp3) is 0.500. The second-order valence-corrected chi connectivity index (χ2v) is 6.80. The van der Waals surface area contributed by atoms with Gasteiger partial charge in [0.05, 0.1) is 31.2 Å². The molecule has 3 heterocycles. The van der Waals surface area contributed by atoms with Crippen molar-refractivity contribution in [1.82, 2.24) is 9.88 Å². The molecule has 2 aromatic rings. The average molecular weight is 356 g/mol. The fourth-order valence-corrected chi connectivity index (χ4v) is 3.45. The van der Waals surface area contributed by atoms with Crippen molar-refractivity contribution in [3.63, 3.8) is 0 Å². The van der Waals surface area contributed by atoms with Crippen molar-refractivity contribution in [2.45, 2.75) is 38.6 Å². The predicted molar refractivity (Wildman–Crippen MR) is 95.4 cm³/mol. The summed E-state index contributed by atoms with van der Waals surface area (Å²) in [4.78, 5) is 19.5. The van der Waals surface area contributed by atoms with Crippen molar-refractivity contribution in [3.05, 3.63) is 47.2 Å². The van der Waals surface area contributed by atoms with Crippen LogP contribution in [0.3, 0.4) is 0 Å². The number of rotatable bonds is 5. The SMILES string of the molecule is CCCOc1ccccc1C(=O)N1CCc2oc(C3CCOC3)nc2C1. The van der Waals surface area contributed by atoms with E-state index in [1.165, 1.54) is 0 Å². The lowest BCUT2D eigenvalue weighted by molar-refractivity contribution is 0.0723. The third-order valence-electron chi connectivity index (χ3n) is 4.89. The molecule has 0 radical (unpaired) electrons. The first-order valence-electron chi connectivity index (χ1n) is 9.33. The largest absolute Gasteiger partial charge is 0.493 e. The van der Waals surface area contributed by atoms with Gasteiger partial charge in [0.25, 0.3) is 5.91 Å². The molecular formula is C20H24N2O4. The van der Waals surface area contributed by atoms with E-state index >= 15 is 0 Å². The molecule has 2 aliphatic rings. The zero-order valence-electron chi connectivity index (χ0n) is 15.1. The quantitative estimate of drug-likeness (QED) is 0.823. The third kappa shape index (κ3) is 3.33. The first kappa shape index (κ1) is 17.1. The van der Waals surface area contributed by atoms with Crippen LogP contribution in [0.5, 0.6) is 5.75 Å². The maximum absolute atomic E-state index is 13.0. The number of ether oxygens (including phenoxy) is 2. The highest BCUT2D eigenvalue weighted by Crippen LogP contribution is 2.30. The van der Waals surface area contributed by atoms with Crippen LogP contribution in [0.4, 0.5) is 0 Å². The molecule has 0 N–H and O–H groups in total. The Morgan fingerprint density at radius 3 is 3.08 bits per heavy atom. The highest BCUT2D eigenvalue weighted by atomic mass is 16.5.